The number of benzene rings is 8. The Labute approximate surface area is 350 Å². The van der Waals surface area contributed by atoms with Crippen LogP contribution in [0.4, 0.5) is 0 Å². The number of aromatic nitrogens is 4. The molecule has 0 radical (unpaired) electrons. The van der Waals surface area contributed by atoms with E-state index < -0.39 is 0 Å². The monoisotopic (exact) mass is 782 g/mol. The lowest BCUT2D eigenvalue weighted by Gasteiger charge is -2.15. The average Bonchev–Trinajstić information content (AvgIpc) is 3.87. The van der Waals surface area contributed by atoms with Gasteiger partial charge in [-0.05, 0) is 80.6 Å². The number of rotatable bonds is 6. The first-order valence-electron chi connectivity index (χ1n) is 20.2. The summed E-state index contributed by atoms with van der Waals surface area (Å²) in [6.45, 7) is 0. The maximum atomic E-state index is 5.58. The van der Waals surface area contributed by atoms with Gasteiger partial charge in [0, 0.05) is 43.6 Å². The first kappa shape index (κ1) is 34.3. The van der Waals surface area contributed by atoms with E-state index in [4.69, 9.17) is 9.97 Å². The average molecular weight is 783 g/mol. The predicted molar refractivity (Wildman–Crippen MR) is 252 cm³/mol. The largest absolute Gasteiger partial charge is 0.278 e. The second kappa shape index (κ2) is 14.0. The van der Waals surface area contributed by atoms with Crippen molar-refractivity contribution in [2.75, 3.05) is 0 Å². The van der Waals surface area contributed by atoms with E-state index in [-0.39, 0.29) is 0 Å². The molecular formula is C55H34N4S. The molecule has 0 saturated carbocycles. The molecule has 0 aliphatic rings. The molecule has 0 atom stereocenters. The van der Waals surface area contributed by atoms with Crippen molar-refractivity contribution in [2.24, 2.45) is 0 Å². The quantitative estimate of drug-likeness (QED) is 0.169. The molecular weight excluding hydrogens is 749 g/mol. The first-order chi connectivity index (χ1) is 29.7. The summed E-state index contributed by atoms with van der Waals surface area (Å²) in [5.41, 5.74) is 13.2. The van der Waals surface area contributed by atoms with E-state index in [2.05, 4.69) is 198 Å². The van der Waals surface area contributed by atoms with E-state index in [1.54, 1.807) is 11.3 Å². The fraction of sp³-hybridized carbons (Fsp3) is 0. The molecule has 0 aliphatic heterocycles. The van der Waals surface area contributed by atoms with E-state index in [0.717, 1.165) is 65.5 Å². The van der Waals surface area contributed by atoms with Crippen molar-refractivity contribution in [3.63, 3.8) is 0 Å². The number of hydrogen-bond acceptors (Lipinski definition) is 4. The molecule has 0 fully saturated rings. The summed E-state index contributed by atoms with van der Waals surface area (Å²) < 4.78 is 3.42. The van der Waals surface area contributed by atoms with Gasteiger partial charge in [-0.15, -0.1) is 11.3 Å². The molecule has 0 spiro atoms. The van der Waals surface area contributed by atoms with Gasteiger partial charge < -0.3 is 0 Å². The lowest BCUT2D eigenvalue weighted by atomic mass is 9.90. The Balaban J connectivity index is 1.06. The molecule has 0 N–H and O–H groups in total. The van der Waals surface area contributed by atoms with Gasteiger partial charge in [-0.2, -0.15) is 0 Å². The van der Waals surface area contributed by atoms with E-state index in [1.165, 1.54) is 43.3 Å². The number of thiophene rings is 1. The fourth-order valence-corrected chi connectivity index (χ4v) is 10.00. The Hall–Kier alpha value is -7.73. The van der Waals surface area contributed by atoms with Gasteiger partial charge in [0.05, 0.1) is 22.4 Å². The topological polar surface area (TPSA) is 43.6 Å². The number of pyridine rings is 1. The van der Waals surface area contributed by atoms with Crippen molar-refractivity contribution in [1.29, 1.82) is 0 Å². The number of para-hydroxylation sites is 1. The van der Waals surface area contributed by atoms with Crippen LogP contribution < -0.4 is 0 Å². The van der Waals surface area contributed by atoms with Crippen LogP contribution in [0.1, 0.15) is 0 Å². The van der Waals surface area contributed by atoms with Crippen LogP contribution in [0.3, 0.4) is 0 Å². The molecule has 0 aliphatic carbocycles. The molecule has 280 valence electrons. The lowest BCUT2D eigenvalue weighted by molar-refractivity contribution is 1.02. The molecule has 0 amide bonds. The highest BCUT2D eigenvalue weighted by Crippen LogP contribution is 2.43. The summed E-state index contributed by atoms with van der Waals surface area (Å²) in [6, 6.07) is 71.5. The van der Waals surface area contributed by atoms with Crippen LogP contribution in [0.5, 0.6) is 0 Å². The summed E-state index contributed by atoms with van der Waals surface area (Å²) in [4.78, 5) is 16.6. The van der Waals surface area contributed by atoms with Gasteiger partial charge in [0.1, 0.15) is 4.83 Å². The van der Waals surface area contributed by atoms with Crippen LogP contribution >= 0.6 is 11.3 Å². The third-order valence-corrected chi connectivity index (χ3v) is 12.8. The number of nitrogens with zero attached hydrogens (tertiary/aromatic N) is 4. The van der Waals surface area contributed by atoms with Gasteiger partial charge in [0.15, 0.2) is 0 Å². The highest BCUT2D eigenvalue weighted by Gasteiger charge is 2.21. The van der Waals surface area contributed by atoms with Crippen molar-refractivity contribution < 1.29 is 0 Å². The van der Waals surface area contributed by atoms with Gasteiger partial charge in [-0.25, -0.2) is 9.97 Å². The minimum atomic E-state index is 0.644. The Kier molecular flexibility index (Phi) is 8.00. The highest BCUT2D eigenvalue weighted by molar-refractivity contribution is 7.25. The summed E-state index contributed by atoms with van der Waals surface area (Å²) in [7, 11) is 0. The third kappa shape index (κ3) is 5.63. The predicted octanol–water partition coefficient (Wildman–Crippen LogP) is 14.8. The van der Waals surface area contributed by atoms with Gasteiger partial charge >= 0.3 is 0 Å². The molecule has 12 rings (SSSR count). The maximum absolute atomic E-state index is 5.58. The Morgan fingerprint density at radius 3 is 1.88 bits per heavy atom. The summed E-state index contributed by atoms with van der Waals surface area (Å²) in [5.74, 6) is 0.644. The van der Waals surface area contributed by atoms with E-state index in [9.17, 15) is 0 Å². The van der Waals surface area contributed by atoms with Crippen LogP contribution in [0.2, 0.25) is 0 Å². The third-order valence-electron chi connectivity index (χ3n) is 11.7. The van der Waals surface area contributed by atoms with Crippen molar-refractivity contribution in [2.45, 2.75) is 0 Å². The Morgan fingerprint density at radius 2 is 1.05 bits per heavy atom. The fourth-order valence-electron chi connectivity index (χ4n) is 8.93. The second-order valence-electron chi connectivity index (χ2n) is 15.2. The zero-order valence-corrected chi connectivity index (χ0v) is 33.1. The zero-order chi connectivity index (χ0) is 39.6. The van der Waals surface area contributed by atoms with Crippen LogP contribution in [0.25, 0.3) is 115 Å². The summed E-state index contributed by atoms with van der Waals surface area (Å²) in [5, 5.41) is 6.97. The van der Waals surface area contributed by atoms with Crippen molar-refractivity contribution in [3.05, 3.63) is 206 Å². The molecule has 60 heavy (non-hydrogen) atoms. The molecule has 0 saturated heterocycles. The molecule has 4 nitrogen and oxygen atoms in total. The van der Waals surface area contributed by atoms with Gasteiger partial charge in [-0.1, -0.05) is 164 Å². The Morgan fingerprint density at radius 1 is 0.400 bits per heavy atom. The molecule has 4 aromatic heterocycles. The van der Waals surface area contributed by atoms with E-state index in [1.807, 2.05) is 18.3 Å². The SMILES string of the molecule is c1ccc(-c2ccc(-c3cccc4cccc(-c5cccc(-c6nc(-n7c8ccccc8c8ccc(-c9ccccn9)cc87)nc7sc8ccccc8c67)c5)c34)cc2)cc1. The van der Waals surface area contributed by atoms with Crippen LogP contribution in [-0.2, 0) is 0 Å². The standard InChI is InChI=1S/C55H34N4S/c1-2-13-35(14-3-1)36-26-28-37(29-27-36)42-21-11-15-38-16-12-22-43(51(38)42)39-17-10-18-41(33-39)53-52-46-20-5-7-25-50(46)60-54(52)58-55(57-53)59-48-24-6-4-19-44(48)45-31-30-40(34-49(45)59)47-23-8-9-32-56-47/h1-34H. The van der Waals surface area contributed by atoms with Crippen molar-refractivity contribution in [1.82, 2.24) is 19.5 Å². The van der Waals surface area contributed by atoms with Crippen LogP contribution in [0, 0.1) is 0 Å². The molecule has 0 bridgehead atoms. The molecule has 12 aromatic rings. The second-order valence-corrected chi connectivity index (χ2v) is 16.2. The smallest absolute Gasteiger partial charge is 0.236 e. The summed E-state index contributed by atoms with van der Waals surface area (Å²) in [6.07, 6.45) is 1.84. The van der Waals surface area contributed by atoms with Crippen molar-refractivity contribution in [3.8, 4) is 61.8 Å². The lowest BCUT2D eigenvalue weighted by Crippen LogP contribution is -2.03. The van der Waals surface area contributed by atoms with E-state index >= 15 is 0 Å². The number of hydrogen-bond donors (Lipinski definition) is 0. The molecule has 4 heterocycles. The van der Waals surface area contributed by atoms with Gasteiger partial charge in [0.2, 0.25) is 5.95 Å². The van der Waals surface area contributed by atoms with Crippen LogP contribution in [0.15, 0.2) is 206 Å². The Bertz CT molecular complexity index is 3580. The van der Waals surface area contributed by atoms with Crippen molar-refractivity contribution >= 4 is 64.2 Å². The van der Waals surface area contributed by atoms with Gasteiger partial charge in [0.25, 0.3) is 0 Å². The molecule has 5 heteroatoms. The maximum Gasteiger partial charge on any atom is 0.236 e. The summed E-state index contributed by atoms with van der Waals surface area (Å²) >= 11 is 1.72. The molecule has 8 aromatic carbocycles. The zero-order valence-electron chi connectivity index (χ0n) is 32.3. The number of fused-ring (bicyclic) bond motifs is 7. The minimum Gasteiger partial charge on any atom is -0.278 e. The first-order valence-corrected chi connectivity index (χ1v) is 21.0. The van der Waals surface area contributed by atoms with Gasteiger partial charge in [-0.3, -0.25) is 9.55 Å². The molecule has 0 unspecified atom stereocenters. The van der Waals surface area contributed by atoms with E-state index in [0.29, 0.717) is 5.95 Å². The minimum absolute atomic E-state index is 0.644. The normalized spacial score (nSPS) is 11.7. The van der Waals surface area contributed by atoms with Crippen LogP contribution in [-0.4, -0.2) is 19.5 Å². The highest BCUT2D eigenvalue weighted by atomic mass is 32.1.